The van der Waals surface area contributed by atoms with Gasteiger partial charge in [-0.1, -0.05) is 0 Å². The van der Waals surface area contributed by atoms with Gasteiger partial charge in [0, 0.05) is 43.6 Å². The van der Waals surface area contributed by atoms with Crippen molar-refractivity contribution in [1.82, 2.24) is 24.9 Å². The first-order valence-corrected chi connectivity index (χ1v) is 6.45. The molecule has 0 aliphatic rings. The Morgan fingerprint density at radius 3 is 2.68 bits per heavy atom. The van der Waals surface area contributed by atoms with Crippen LogP contribution < -0.4 is 5.32 Å². The van der Waals surface area contributed by atoms with E-state index in [4.69, 9.17) is 0 Å². The fourth-order valence-electron chi connectivity index (χ4n) is 1.76. The van der Waals surface area contributed by atoms with Gasteiger partial charge in [0.25, 0.3) is 0 Å². The van der Waals surface area contributed by atoms with Crippen LogP contribution in [0.4, 0.5) is 0 Å². The number of nitrogens with zero attached hydrogens (tertiary/aromatic N) is 4. The van der Waals surface area contributed by atoms with Crippen molar-refractivity contribution in [2.45, 2.75) is 46.4 Å². The van der Waals surface area contributed by atoms with E-state index in [1.165, 1.54) is 5.56 Å². The minimum atomic E-state index is 0. The van der Waals surface area contributed by atoms with Crippen molar-refractivity contribution in [3.8, 4) is 0 Å². The first-order valence-electron chi connectivity index (χ1n) is 6.45. The number of aryl methyl sites for hydroxylation is 1. The number of aromatic nitrogens is 4. The first-order chi connectivity index (χ1) is 8.69. The van der Waals surface area contributed by atoms with Crippen LogP contribution in [0, 0.1) is 0 Å². The van der Waals surface area contributed by atoms with Gasteiger partial charge in [0.2, 0.25) is 0 Å². The van der Waals surface area contributed by atoms with Crippen molar-refractivity contribution in [2.24, 2.45) is 0 Å². The Balaban J connectivity index is 0.00000180. The number of halogens is 1. The lowest BCUT2D eigenvalue weighted by Gasteiger charge is -2.03. The lowest BCUT2D eigenvalue weighted by atomic mass is 10.3. The lowest BCUT2D eigenvalue weighted by molar-refractivity contribution is 0.531. The third kappa shape index (κ3) is 4.36. The van der Waals surface area contributed by atoms with E-state index in [-0.39, 0.29) is 12.4 Å². The van der Waals surface area contributed by atoms with E-state index in [0.717, 1.165) is 25.3 Å². The molecule has 0 spiro atoms. The van der Waals surface area contributed by atoms with Crippen molar-refractivity contribution in [2.75, 3.05) is 0 Å². The summed E-state index contributed by atoms with van der Waals surface area (Å²) < 4.78 is 3.91. The predicted octanol–water partition coefficient (Wildman–Crippen LogP) is 2.39. The van der Waals surface area contributed by atoms with Crippen LogP contribution in [0.3, 0.4) is 0 Å². The summed E-state index contributed by atoms with van der Waals surface area (Å²) in [5, 5.41) is 12.1. The molecule has 19 heavy (non-hydrogen) atoms. The maximum atomic E-state index is 4.43. The molecule has 0 atom stereocenters. The first kappa shape index (κ1) is 15.7. The Labute approximate surface area is 120 Å². The third-order valence-corrected chi connectivity index (χ3v) is 2.84. The minimum absolute atomic E-state index is 0. The largest absolute Gasteiger partial charge is 0.307 e. The third-order valence-electron chi connectivity index (χ3n) is 2.84. The van der Waals surface area contributed by atoms with Crippen molar-refractivity contribution >= 4 is 12.4 Å². The van der Waals surface area contributed by atoms with Crippen molar-refractivity contribution in [3.63, 3.8) is 0 Å². The maximum absolute atomic E-state index is 4.43. The monoisotopic (exact) mass is 283 g/mol. The predicted molar refractivity (Wildman–Crippen MR) is 78.3 cm³/mol. The van der Waals surface area contributed by atoms with Gasteiger partial charge in [0.1, 0.15) is 0 Å². The van der Waals surface area contributed by atoms with E-state index in [9.17, 15) is 0 Å². The molecule has 0 radical (unpaired) electrons. The zero-order valence-electron chi connectivity index (χ0n) is 11.7. The van der Waals surface area contributed by atoms with Crippen LogP contribution >= 0.6 is 12.4 Å². The summed E-state index contributed by atoms with van der Waals surface area (Å²) in [7, 11) is 0. The van der Waals surface area contributed by atoms with Gasteiger partial charge in [-0.2, -0.15) is 10.2 Å². The summed E-state index contributed by atoms with van der Waals surface area (Å²) in [4.78, 5) is 0. The number of rotatable bonds is 6. The van der Waals surface area contributed by atoms with E-state index in [1.807, 2.05) is 27.8 Å². The Morgan fingerprint density at radius 2 is 2.11 bits per heavy atom. The van der Waals surface area contributed by atoms with Crippen LogP contribution in [0.15, 0.2) is 24.7 Å². The Hall–Kier alpha value is -1.33. The summed E-state index contributed by atoms with van der Waals surface area (Å²) in [5.41, 5.74) is 2.28. The molecule has 6 heteroatoms. The molecule has 0 aliphatic carbocycles. The molecule has 5 nitrogen and oxygen atoms in total. The summed E-state index contributed by atoms with van der Waals surface area (Å²) in [6, 6.07) is 2.47. The maximum Gasteiger partial charge on any atom is 0.0762 e. The van der Waals surface area contributed by atoms with Gasteiger partial charge in [-0.05, 0) is 26.8 Å². The van der Waals surface area contributed by atoms with Gasteiger partial charge < -0.3 is 5.32 Å². The second kappa shape index (κ2) is 7.31. The van der Waals surface area contributed by atoms with Gasteiger partial charge in [-0.15, -0.1) is 12.4 Å². The molecule has 2 rings (SSSR count). The fraction of sp³-hybridized carbons (Fsp3) is 0.538. The SMILES string of the molecule is CCn1ccc(CNCc2cnn(C(C)C)c2)n1.Cl. The lowest BCUT2D eigenvalue weighted by Crippen LogP contribution is -2.13. The molecule has 2 aromatic heterocycles. The number of nitrogens with one attached hydrogen (secondary N) is 1. The van der Waals surface area contributed by atoms with Crippen molar-refractivity contribution in [3.05, 3.63) is 35.9 Å². The van der Waals surface area contributed by atoms with Crippen molar-refractivity contribution in [1.29, 1.82) is 0 Å². The van der Waals surface area contributed by atoms with E-state index in [2.05, 4.69) is 42.5 Å². The van der Waals surface area contributed by atoms with Crippen LogP contribution in [0.25, 0.3) is 0 Å². The van der Waals surface area contributed by atoms with Crippen molar-refractivity contribution < 1.29 is 0 Å². The molecule has 0 fully saturated rings. The van der Waals surface area contributed by atoms with Crippen LogP contribution in [-0.2, 0) is 19.6 Å². The molecule has 2 heterocycles. The zero-order valence-corrected chi connectivity index (χ0v) is 12.5. The van der Waals surface area contributed by atoms with E-state index < -0.39 is 0 Å². The average Bonchev–Trinajstić information content (AvgIpc) is 2.97. The molecule has 106 valence electrons. The van der Waals surface area contributed by atoms with Gasteiger partial charge in [-0.3, -0.25) is 9.36 Å². The highest BCUT2D eigenvalue weighted by Gasteiger charge is 2.02. The van der Waals surface area contributed by atoms with Crippen LogP contribution in [-0.4, -0.2) is 19.6 Å². The molecule has 0 bridgehead atoms. The molecule has 0 unspecified atom stereocenters. The second-order valence-electron chi connectivity index (χ2n) is 4.69. The Morgan fingerprint density at radius 1 is 1.32 bits per heavy atom. The summed E-state index contributed by atoms with van der Waals surface area (Å²) in [5.74, 6) is 0. The molecule has 1 N–H and O–H groups in total. The molecule has 0 aliphatic heterocycles. The van der Waals surface area contributed by atoms with Crippen LogP contribution in [0.2, 0.25) is 0 Å². The summed E-state index contributed by atoms with van der Waals surface area (Å²) in [6.07, 6.45) is 6.01. The van der Waals surface area contributed by atoms with Gasteiger partial charge in [0.05, 0.1) is 11.9 Å². The molecular formula is C13H22ClN5. The number of hydrogen-bond donors (Lipinski definition) is 1. The van der Waals surface area contributed by atoms with Gasteiger partial charge >= 0.3 is 0 Å². The molecule has 2 aromatic rings. The van der Waals surface area contributed by atoms with Gasteiger partial charge in [0.15, 0.2) is 0 Å². The van der Waals surface area contributed by atoms with E-state index in [1.54, 1.807) is 0 Å². The highest BCUT2D eigenvalue weighted by Crippen LogP contribution is 2.05. The second-order valence-corrected chi connectivity index (χ2v) is 4.69. The van der Waals surface area contributed by atoms with Gasteiger partial charge in [-0.25, -0.2) is 0 Å². The Bertz CT molecular complexity index is 489. The molecule has 0 amide bonds. The fourth-order valence-corrected chi connectivity index (χ4v) is 1.76. The molecule has 0 saturated carbocycles. The Kier molecular flexibility index (Phi) is 6.05. The molecular weight excluding hydrogens is 262 g/mol. The zero-order chi connectivity index (χ0) is 13.0. The standard InChI is InChI=1S/C13H21N5.ClH/c1-4-17-6-5-13(16-17)9-14-7-12-8-15-18(10-12)11(2)3;/h5-6,8,10-11,14H,4,7,9H2,1-3H3;1H. The number of hydrogen-bond acceptors (Lipinski definition) is 3. The van der Waals surface area contributed by atoms with E-state index in [0.29, 0.717) is 6.04 Å². The highest BCUT2D eigenvalue weighted by molar-refractivity contribution is 5.85. The molecule has 0 saturated heterocycles. The average molecular weight is 284 g/mol. The molecule has 0 aromatic carbocycles. The van der Waals surface area contributed by atoms with E-state index >= 15 is 0 Å². The summed E-state index contributed by atoms with van der Waals surface area (Å²) in [6.45, 7) is 8.88. The highest BCUT2D eigenvalue weighted by atomic mass is 35.5. The summed E-state index contributed by atoms with van der Waals surface area (Å²) >= 11 is 0. The quantitative estimate of drug-likeness (QED) is 0.885. The smallest absolute Gasteiger partial charge is 0.0762 e. The van der Waals surface area contributed by atoms with Crippen LogP contribution in [0.1, 0.15) is 38.1 Å². The topological polar surface area (TPSA) is 47.7 Å². The minimum Gasteiger partial charge on any atom is -0.307 e. The van der Waals surface area contributed by atoms with Crippen LogP contribution in [0.5, 0.6) is 0 Å². The normalized spacial score (nSPS) is 10.7.